The largest absolute Gasteiger partial charge is 0.469 e. The van der Waals surface area contributed by atoms with Crippen molar-refractivity contribution in [3.63, 3.8) is 0 Å². The van der Waals surface area contributed by atoms with Gasteiger partial charge in [0.1, 0.15) is 0 Å². The van der Waals surface area contributed by atoms with Crippen LogP contribution in [-0.4, -0.2) is 24.6 Å². The molecule has 0 aromatic heterocycles. The third-order valence-electron chi connectivity index (χ3n) is 10.2. The zero-order valence-electron chi connectivity index (χ0n) is 21.4. The third kappa shape index (κ3) is 3.75. The second-order valence-corrected chi connectivity index (χ2v) is 11.9. The molecule has 186 valence electrons. The zero-order valence-corrected chi connectivity index (χ0v) is 21.4. The lowest BCUT2D eigenvalue weighted by molar-refractivity contribution is -0.168. The van der Waals surface area contributed by atoms with Gasteiger partial charge in [0, 0.05) is 23.0 Å². The van der Waals surface area contributed by atoms with Crippen LogP contribution < -0.4 is 0 Å². The molecule has 0 bridgehead atoms. The summed E-state index contributed by atoms with van der Waals surface area (Å²) in [7, 11) is 1.51. The summed E-state index contributed by atoms with van der Waals surface area (Å²) < 4.78 is 5.27. The van der Waals surface area contributed by atoms with Gasteiger partial charge in [-0.3, -0.25) is 14.4 Å². The van der Waals surface area contributed by atoms with Gasteiger partial charge in [0.15, 0.2) is 11.6 Å². The average Bonchev–Trinajstić information content (AvgIpc) is 2.86. The number of benzene rings is 1. The van der Waals surface area contributed by atoms with Gasteiger partial charge in [-0.15, -0.1) is 0 Å². The molecule has 0 aliphatic heterocycles. The minimum absolute atomic E-state index is 0.0316. The lowest BCUT2D eigenvalue weighted by Gasteiger charge is -2.57. The molecule has 0 radical (unpaired) electrons. The molecule has 0 spiro atoms. The second-order valence-electron chi connectivity index (χ2n) is 11.9. The molecule has 4 aliphatic rings. The summed E-state index contributed by atoms with van der Waals surface area (Å²) in [5.74, 6) is 0.395. The predicted molar refractivity (Wildman–Crippen MR) is 136 cm³/mol. The van der Waals surface area contributed by atoms with E-state index in [4.69, 9.17) is 4.74 Å². The highest BCUT2D eigenvalue weighted by molar-refractivity contribution is 6.16. The maximum atomic E-state index is 13.3. The van der Waals surface area contributed by atoms with Crippen molar-refractivity contribution < 1.29 is 19.1 Å². The number of ketones is 2. The molecule has 35 heavy (non-hydrogen) atoms. The summed E-state index contributed by atoms with van der Waals surface area (Å²) >= 11 is 0. The van der Waals surface area contributed by atoms with Crippen molar-refractivity contribution in [1.29, 1.82) is 0 Å². The molecule has 3 unspecified atom stereocenters. The first kappa shape index (κ1) is 24.2. The number of hydrogen-bond acceptors (Lipinski definition) is 4. The first-order valence-electron chi connectivity index (χ1n) is 13.3. The lowest BCUT2D eigenvalue weighted by Crippen LogP contribution is -2.53. The Kier molecular flexibility index (Phi) is 6.14. The van der Waals surface area contributed by atoms with Gasteiger partial charge in [0.2, 0.25) is 0 Å². The summed E-state index contributed by atoms with van der Waals surface area (Å²) in [4.78, 5) is 39.2. The topological polar surface area (TPSA) is 60.4 Å². The van der Waals surface area contributed by atoms with E-state index in [1.165, 1.54) is 18.3 Å². The number of hydrogen-bond donors (Lipinski definition) is 0. The Bertz CT molecular complexity index is 1110. The molecule has 0 amide bonds. The van der Waals surface area contributed by atoms with E-state index in [9.17, 15) is 14.4 Å². The second kappa shape index (κ2) is 8.87. The SMILES string of the molecule is C=C1CCC2[C@](C)(CCC[C@]2(C)C(=O)OC)[C@H]1CCC1=CCC2C(=O)c3ccccc3C(=O)C2C1. The highest BCUT2D eigenvalue weighted by atomic mass is 16.5. The van der Waals surface area contributed by atoms with E-state index in [-0.39, 0.29) is 34.8 Å². The van der Waals surface area contributed by atoms with Gasteiger partial charge >= 0.3 is 5.97 Å². The maximum Gasteiger partial charge on any atom is 0.311 e. The first-order chi connectivity index (χ1) is 16.7. The Balaban J connectivity index is 1.33. The van der Waals surface area contributed by atoms with Crippen molar-refractivity contribution in [3.05, 3.63) is 59.2 Å². The fraction of sp³-hybridized carbons (Fsp3) is 0.581. The molecule has 2 saturated carbocycles. The van der Waals surface area contributed by atoms with Crippen LogP contribution in [0.4, 0.5) is 0 Å². The Morgan fingerprint density at radius 2 is 1.77 bits per heavy atom. The molecule has 5 rings (SSSR count). The van der Waals surface area contributed by atoms with Crippen LogP contribution in [0, 0.1) is 34.5 Å². The highest BCUT2D eigenvalue weighted by Crippen LogP contribution is 2.62. The molecule has 4 heteroatoms. The van der Waals surface area contributed by atoms with Gasteiger partial charge < -0.3 is 4.74 Å². The van der Waals surface area contributed by atoms with Crippen LogP contribution in [0.5, 0.6) is 0 Å². The minimum atomic E-state index is -0.430. The monoisotopic (exact) mass is 474 g/mol. The van der Waals surface area contributed by atoms with Crippen molar-refractivity contribution in [3.8, 4) is 0 Å². The molecule has 0 saturated heterocycles. The van der Waals surface area contributed by atoms with E-state index in [0.717, 1.165) is 44.9 Å². The number of carbonyl (C=O) groups excluding carboxylic acids is 3. The quantitative estimate of drug-likeness (QED) is 0.358. The molecule has 4 nitrogen and oxygen atoms in total. The van der Waals surface area contributed by atoms with Crippen molar-refractivity contribution in [2.24, 2.45) is 34.5 Å². The van der Waals surface area contributed by atoms with Gasteiger partial charge in [-0.25, -0.2) is 0 Å². The van der Waals surface area contributed by atoms with Crippen LogP contribution in [0.3, 0.4) is 0 Å². The van der Waals surface area contributed by atoms with Crippen LogP contribution in [0.2, 0.25) is 0 Å². The van der Waals surface area contributed by atoms with Crippen molar-refractivity contribution >= 4 is 17.5 Å². The van der Waals surface area contributed by atoms with Crippen LogP contribution >= 0.6 is 0 Å². The van der Waals surface area contributed by atoms with Gasteiger partial charge in [-0.1, -0.05) is 61.4 Å². The van der Waals surface area contributed by atoms with E-state index in [2.05, 4.69) is 26.5 Å². The molecular weight excluding hydrogens is 436 g/mol. The summed E-state index contributed by atoms with van der Waals surface area (Å²) in [5.41, 5.74) is 3.41. The third-order valence-corrected chi connectivity index (χ3v) is 10.2. The van der Waals surface area contributed by atoms with Crippen molar-refractivity contribution in [2.75, 3.05) is 7.11 Å². The van der Waals surface area contributed by atoms with Gasteiger partial charge in [-0.05, 0) is 75.5 Å². The number of methoxy groups -OCH3 is 1. The number of rotatable bonds is 4. The summed E-state index contributed by atoms with van der Waals surface area (Å²) in [6.07, 6.45) is 10.5. The zero-order chi connectivity index (χ0) is 25.0. The maximum absolute atomic E-state index is 13.3. The summed E-state index contributed by atoms with van der Waals surface area (Å²) in [5, 5.41) is 0. The molecule has 2 fully saturated rings. The van der Waals surface area contributed by atoms with Crippen molar-refractivity contribution in [2.45, 2.75) is 71.6 Å². The number of esters is 1. The number of allylic oxidation sites excluding steroid dienone is 3. The highest BCUT2D eigenvalue weighted by Gasteiger charge is 2.57. The Morgan fingerprint density at radius 1 is 1.09 bits per heavy atom. The van der Waals surface area contributed by atoms with Crippen molar-refractivity contribution in [1.82, 2.24) is 0 Å². The molecular formula is C31H38O4. The summed E-state index contributed by atoms with van der Waals surface area (Å²) in [6.45, 7) is 8.97. The molecule has 4 aliphatic carbocycles. The number of fused-ring (bicyclic) bond motifs is 3. The molecule has 1 aromatic rings. The van der Waals surface area contributed by atoms with E-state index in [0.29, 0.717) is 35.8 Å². The average molecular weight is 475 g/mol. The van der Waals surface area contributed by atoms with E-state index in [1.54, 1.807) is 12.1 Å². The number of carbonyl (C=O) groups is 3. The molecule has 6 atom stereocenters. The minimum Gasteiger partial charge on any atom is -0.469 e. The van der Waals surface area contributed by atoms with Crippen LogP contribution in [-0.2, 0) is 9.53 Å². The summed E-state index contributed by atoms with van der Waals surface area (Å²) in [6, 6.07) is 7.29. The molecule has 0 heterocycles. The Morgan fingerprint density at radius 3 is 2.46 bits per heavy atom. The first-order valence-corrected chi connectivity index (χ1v) is 13.3. The lowest BCUT2D eigenvalue weighted by atomic mass is 9.46. The Labute approximate surface area is 209 Å². The van der Waals surface area contributed by atoms with E-state index in [1.807, 2.05) is 12.1 Å². The Hall–Kier alpha value is -2.49. The van der Waals surface area contributed by atoms with Crippen LogP contribution in [0.1, 0.15) is 92.4 Å². The van der Waals surface area contributed by atoms with Crippen LogP contribution in [0.15, 0.2) is 48.1 Å². The van der Waals surface area contributed by atoms with E-state index >= 15 is 0 Å². The van der Waals surface area contributed by atoms with Crippen LogP contribution in [0.25, 0.3) is 0 Å². The normalized spacial score (nSPS) is 36.5. The number of Topliss-reactive ketones (excluding diaryl/α,β-unsaturated/α-hetero) is 2. The van der Waals surface area contributed by atoms with Gasteiger partial charge in [0.05, 0.1) is 12.5 Å². The van der Waals surface area contributed by atoms with Gasteiger partial charge in [-0.2, -0.15) is 0 Å². The molecule has 0 N–H and O–H groups in total. The molecule has 1 aromatic carbocycles. The fourth-order valence-corrected chi connectivity index (χ4v) is 8.34. The smallest absolute Gasteiger partial charge is 0.311 e. The van der Waals surface area contributed by atoms with Gasteiger partial charge in [0.25, 0.3) is 0 Å². The number of ether oxygens (including phenoxy) is 1. The fourth-order valence-electron chi connectivity index (χ4n) is 8.34. The predicted octanol–water partition coefficient (Wildman–Crippen LogP) is 6.75. The standard InChI is InChI=1S/C31H38O4/c1-19-10-15-26-30(2,16-7-17-31(26,3)29(34)35-4)25(19)14-12-20-11-13-23-24(18-20)28(33)22-9-6-5-8-21(22)27(23)32/h5-6,8-9,11,23-26H,1,7,10,12-18H2,2-4H3/t23?,24?,25-,26?,30+,31-/m0/s1. The van der Waals surface area contributed by atoms with E-state index < -0.39 is 5.41 Å².